The molecule has 10 heteroatoms. The Labute approximate surface area is 227 Å². The van der Waals surface area contributed by atoms with Crippen LogP contribution in [0.15, 0.2) is 65.3 Å². The number of hydrogen-bond acceptors (Lipinski definition) is 9. The molecule has 5 aromatic rings. The number of rotatable bonds is 8. The van der Waals surface area contributed by atoms with E-state index in [1.807, 2.05) is 50.8 Å². The van der Waals surface area contributed by atoms with E-state index in [0.717, 1.165) is 54.6 Å². The van der Waals surface area contributed by atoms with Crippen LogP contribution in [0.25, 0.3) is 39.6 Å². The second-order valence-electron chi connectivity index (χ2n) is 9.95. The molecule has 10 nitrogen and oxygen atoms in total. The Morgan fingerprint density at radius 1 is 0.974 bits per heavy atom. The lowest BCUT2D eigenvalue weighted by Crippen LogP contribution is -2.37. The van der Waals surface area contributed by atoms with Crippen molar-refractivity contribution in [3.63, 3.8) is 0 Å². The largest absolute Gasteiger partial charge is 0.449 e. The number of morpholine rings is 1. The average Bonchev–Trinajstić information content (AvgIpc) is 3.61. The van der Waals surface area contributed by atoms with Gasteiger partial charge in [-0.15, -0.1) is 0 Å². The molecule has 0 amide bonds. The van der Waals surface area contributed by atoms with Crippen LogP contribution >= 0.6 is 0 Å². The van der Waals surface area contributed by atoms with Gasteiger partial charge in [0.1, 0.15) is 17.0 Å². The predicted octanol–water partition coefficient (Wildman–Crippen LogP) is 4.26. The summed E-state index contributed by atoms with van der Waals surface area (Å²) >= 11 is 0. The third kappa shape index (κ3) is 5.47. The van der Waals surface area contributed by atoms with E-state index in [0.29, 0.717) is 36.0 Å². The van der Waals surface area contributed by atoms with Crippen LogP contribution in [0.1, 0.15) is 5.56 Å². The van der Waals surface area contributed by atoms with Crippen molar-refractivity contribution in [1.82, 2.24) is 29.6 Å². The second kappa shape index (κ2) is 10.8. The average molecular weight is 525 g/mol. The number of anilines is 2. The van der Waals surface area contributed by atoms with Crippen LogP contribution in [0.2, 0.25) is 0 Å². The van der Waals surface area contributed by atoms with Crippen molar-refractivity contribution in [1.29, 1.82) is 0 Å². The Morgan fingerprint density at radius 3 is 2.64 bits per heavy atom. The van der Waals surface area contributed by atoms with Gasteiger partial charge in [-0.2, -0.15) is 10.1 Å². The number of aromatic nitrogens is 5. The van der Waals surface area contributed by atoms with E-state index in [-0.39, 0.29) is 0 Å². The normalized spacial score (nSPS) is 13.9. The molecule has 0 aliphatic carbocycles. The number of fused-ring (bicyclic) bond motifs is 1. The number of hydrogen-bond donors (Lipinski definition) is 1. The van der Waals surface area contributed by atoms with Crippen LogP contribution in [-0.4, -0.2) is 83.1 Å². The van der Waals surface area contributed by atoms with Gasteiger partial charge in [-0.1, -0.05) is 35.9 Å². The molecule has 1 aromatic carbocycles. The Kier molecular flexibility index (Phi) is 6.95. The third-order valence-corrected chi connectivity index (χ3v) is 6.66. The highest BCUT2D eigenvalue weighted by molar-refractivity contribution is 5.88. The van der Waals surface area contributed by atoms with Crippen LogP contribution in [0, 0.1) is 6.92 Å². The van der Waals surface area contributed by atoms with Crippen LogP contribution in [0.5, 0.6) is 0 Å². The number of pyridine rings is 1. The molecular weight excluding hydrogens is 492 g/mol. The predicted molar refractivity (Wildman–Crippen MR) is 152 cm³/mol. The highest BCUT2D eigenvalue weighted by Crippen LogP contribution is 2.33. The molecule has 0 radical (unpaired) electrons. The van der Waals surface area contributed by atoms with Crippen molar-refractivity contribution < 1.29 is 9.15 Å². The van der Waals surface area contributed by atoms with E-state index < -0.39 is 0 Å². The van der Waals surface area contributed by atoms with Crippen molar-refractivity contribution >= 4 is 22.7 Å². The quantitative estimate of drug-likeness (QED) is 0.319. The molecule has 0 atom stereocenters. The molecule has 200 valence electrons. The van der Waals surface area contributed by atoms with Crippen molar-refractivity contribution in [2.75, 3.05) is 63.7 Å². The molecule has 1 N–H and O–H groups in total. The fourth-order valence-electron chi connectivity index (χ4n) is 4.60. The molecule has 39 heavy (non-hydrogen) atoms. The molecule has 1 aliphatic rings. The van der Waals surface area contributed by atoms with Gasteiger partial charge in [0.2, 0.25) is 0 Å². The maximum absolute atomic E-state index is 6.38. The number of aryl methyl sites for hydroxylation is 1. The first kappa shape index (κ1) is 25.0. The SMILES string of the molecule is Cc1cccc(-c2cnn(-c3nc(N4CCOCC4)c4oc(-c5cccc(NCCN(C)C)n5)cc4n3)c2)c1. The molecule has 1 fully saturated rings. The molecule has 0 unspecified atom stereocenters. The Balaban J connectivity index is 1.38. The number of nitrogens with one attached hydrogen (secondary N) is 1. The van der Waals surface area contributed by atoms with E-state index in [1.54, 1.807) is 4.68 Å². The smallest absolute Gasteiger partial charge is 0.253 e. The van der Waals surface area contributed by atoms with E-state index in [4.69, 9.17) is 24.1 Å². The summed E-state index contributed by atoms with van der Waals surface area (Å²) in [6.07, 6.45) is 3.81. The van der Waals surface area contributed by atoms with Gasteiger partial charge in [-0.3, -0.25) is 0 Å². The number of likely N-dealkylation sites (N-methyl/N-ethyl adjacent to an activating group) is 1. The minimum absolute atomic E-state index is 0.488. The topological polar surface area (TPSA) is 97.4 Å². The third-order valence-electron chi connectivity index (χ3n) is 6.66. The second-order valence-corrected chi connectivity index (χ2v) is 9.95. The van der Waals surface area contributed by atoms with Gasteiger partial charge < -0.3 is 24.3 Å². The van der Waals surface area contributed by atoms with E-state index >= 15 is 0 Å². The summed E-state index contributed by atoms with van der Waals surface area (Å²) in [5.41, 5.74) is 5.38. The van der Waals surface area contributed by atoms with Crippen molar-refractivity contribution in [3.05, 3.63) is 66.5 Å². The summed E-state index contributed by atoms with van der Waals surface area (Å²) in [5.74, 6) is 2.66. The first-order valence-electron chi connectivity index (χ1n) is 13.2. The summed E-state index contributed by atoms with van der Waals surface area (Å²) in [4.78, 5) is 18.9. The zero-order valence-corrected chi connectivity index (χ0v) is 22.5. The summed E-state index contributed by atoms with van der Waals surface area (Å²) in [5, 5.41) is 7.97. The molecule has 1 aliphatic heterocycles. The lowest BCUT2D eigenvalue weighted by molar-refractivity contribution is 0.122. The monoisotopic (exact) mass is 524 g/mol. The lowest BCUT2D eigenvalue weighted by Gasteiger charge is -2.27. The molecule has 6 rings (SSSR count). The highest BCUT2D eigenvalue weighted by Gasteiger charge is 2.22. The van der Waals surface area contributed by atoms with Gasteiger partial charge >= 0.3 is 0 Å². The molecule has 0 spiro atoms. The van der Waals surface area contributed by atoms with Crippen LogP contribution in [0.4, 0.5) is 11.6 Å². The first-order valence-corrected chi connectivity index (χ1v) is 13.2. The minimum atomic E-state index is 0.488. The molecule has 0 saturated carbocycles. The highest BCUT2D eigenvalue weighted by atomic mass is 16.5. The molecular formula is C29H32N8O2. The van der Waals surface area contributed by atoms with Gasteiger partial charge in [-0.05, 0) is 38.7 Å². The number of furan rings is 1. The maximum atomic E-state index is 6.38. The molecule has 5 heterocycles. The Bertz CT molecular complexity index is 1590. The van der Waals surface area contributed by atoms with Crippen LogP contribution in [-0.2, 0) is 4.74 Å². The molecule has 4 aromatic heterocycles. The zero-order valence-electron chi connectivity index (χ0n) is 22.5. The summed E-state index contributed by atoms with van der Waals surface area (Å²) in [6.45, 7) is 6.51. The van der Waals surface area contributed by atoms with Gasteiger partial charge in [0.05, 0.1) is 19.4 Å². The van der Waals surface area contributed by atoms with Crippen LogP contribution < -0.4 is 10.2 Å². The van der Waals surface area contributed by atoms with Gasteiger partial charge in [-0.25, -0.2) is 14.6 Å². The standard InChI is InChI=1S/C29H32N8O2/c1-20-6-4-7-21(16-20)22-18-31-37(19-22)29-33-24-17-25(23-8-5-9-26(32-23)30-10-11-35(2)3)39-27(24)28(34-29)36-12-14-38-15-13-36/h4-9,16-19H,10-15H2,1-3H3,(H,30,32). The molecule has 1 saturated heterocycles. The van der Waals surface area contributed by atoms with Gasteiger partial charge in [0, 0.05) is 44.0 Å². The molecule has 0 bridgehead atoms. The Hall–Kier alpha value is -4.28. The zero-order chi connectivity index (χ0) is 26.8. The summed E-state index contributed by atoms with van der Waals surface area (Å²) < 4.78 is 13.7. The minimum Gasteiger partial charge on any atom is -0.449 e. The fraction of sp³-hybridized carbons (Fsp3) is 0.310. The van der Waals surface area contributed by atoms with Crippen molar-refractivity contribution in [3.8, 4) is 28.5 Å². The van der Waals surface area contributed by atoms with E-state index in [9.17, 15) is 0 Å². The van der Waals surface area contributed by atoms with Crippen molar-refractivity contribution in [2.45, 2.75) is 6.92 Å². The van der Waals surface area contributed by atoms with E-state index in [2.05, 4.69) is 51.4 Å². The van der Waals surface area contributed by atoms with Gasteiger partial charge in [0.25, 0.3) is 5.95 Å². The van der Waals surface area contributed by atoms with Gasteiger partial charge in [0.15, 0.2) is 17.2 Å². The Morgan fingerprint density at radius 2 is 1.82 bits per heavy atom. The van der Waals surface area contributed by atoms with E-state index in [1.165, 1.54) is 5.56 Å². The number of nitrogens with zero attached hydrogens (tertiary/aromatic N) is 7. The lowest BCUT2D eigenvalue weighted by atomic mass is 10.1. The van der Waals surface area contributed by atoms with Crippen molar-refractivity contribution in [2.24, 2.45) is 0 Å². The first-order chi connectivity index (χ1) is 19.0. The number of benzene rings is 1. The van der Waals surface area contributed by atoms with Crippen LogP contribution in [0.3, 0.4) is 0 Å². The summed E-state index contributed by atoms with van der Waals surface area (Å²) in [7, 11) is 4.10. The fourth-order valence-corrected chi connectivity index (χ4v) is 4.60. The maximum Gasteiger partial charge on any atom is 0.253 e. The number of ether oxygens (including phenoxy) is 1. The summed E-state index contributed by atoms with van der Waals surface area (Å²) in [6, 6.07) is 16.2.